The van der Waals surface area contributed by atoms with E-state index in [1.165, 1.54) is 4.90 Å². The zero-order chi connectivity index (χ0) is 16.8. The highest BCUT2D eigenvalue weighted by molar-refractivity contribution is 5.84. The summed E-state index contributed by atoms with van der Waals surface area (Å²) in [7, 11) is 0. The van der Waals surface area contributed by atoms with Gasteiger partial charge >= 0.3 is 6.09 Å². The molecule has 0 radical (unpaired) electrons. The molecule has 1 aromatic rings. The van der Waals surface area contributed by atoms with Crippen molar-refractivity contribution in [3.63, 3.8) is 0 Å². The highest BCUT2D eigenvalue weighted by Gasteiger charge is 2.66. The summed E-state index contributed by atoms with van der Waals surface area (Å²) in [5.41, 5.74) is 0.794. The Hall–Kier alpha value is -2.04. The number of carbonyl (C=O) groups excluding carboxylic acids is 1. The number of benzene rings is 1. The molecule has 2 amide bonds. The summed E-state index contributed by atoms with van der Waals surface area (Å²) >= 11 is 0. The van der Waals surface area contributed by atoms with Gasteiger partial charge in [0.2, 0.25) is 5.91 Å². The van der Waals surface area contributed by atoms with E-state index in [9.17, 15) is 14.7 Å². The van der Waals surface area contributed by atoms with E-state index in [1.54, 1.807) is 0 Å². The first kappa shape index (κ1) is 15.8. The smallest absolute Gasteiger partial charge is 0.407 e. The Balaban J connectivity index is 1.90. The molecule has 2 atom stereocenters. The predicted molar refractivity (Wildman–Crippen MR) is 86.9 cm³/mol. The maximum Gasteiger partial charge on any atom is 0.407 e. The van der Waals surface area contributed by atoms with Crippen molar-refractivity contribution in [2.75, 3.05) is 13.1 Å². The van der Waals surface area contributed by atoms with Gasteiger partial charge in [-0.2, -0.15) is 0 Å². The number of carboxylic acid groups (broad SMARTS) is 1. The van der Waals surface area contributed by atoms with Crippen LogP contribution in [-0.4, -0.2) is 45.5 Å². The Bertz CT molecular complexity index is 623. The van der Waals surface area contributed by atoms with E-state index in [2.05, 4.69) is 20.8 Å². The van der Waals surface area contributed by atoms with Gasteiger partial charge in [-0.1, -0.05) is 51.1 Å². The lowest BCUT2D eigenvalue weighted by molar-refractivity contribution is -0.142. The molecule has 1 spiro atoms. The number of rotatable bonds is 2. The van der Waals surface area contributed by atoms with Gasteiger partial charge in [0.15, 0.2) is 0 Å². The number of nitrogens with zero attached hydrogens (tertiary/aromatic N) is 2. The van der Waals surface area contributed by atoms with Gasteiger partial charge < -0.3 is 10.0 Å². The molecule has 1 saturated heterocycles. The number of amides is 2. The molecule has 1 aliphatic heterocycles. The van der Waals surface area contributed by atoms with E-state index in [-0.39, 0.29) is 23.4 Å². The second-order valence-electron chi connectivity index (χ2n) is 7.83. The van der Waals surface area contributed by atoms with Crippen LogP contribution in [-0.2, 0) is 11.3 Å². The zero-order valence-corrected chi connectivity index (χ0v) is 14.0. The maximum atomic E-state index is 12.7. The third-order valence-corrected chi connectivity index (χ3v) is 5.17. The van der Waals surface area contributed by atoms with Gasteiger partial charge in [0.25, 0.3) is 0 Å². The maximum absolute atomic E-state index is 12.7. The van der Waals surface area contributed by atoms with Gasteiger partial charge in [0.05, 0.1) is 5.54 Å². The lowest BCUT2D eigenvalue weighted by Crippen LogP contribution is -2.60. The normalized spacial score (nSPS) is 27.4. The molecule has 1 N–H and O–H groups in total. The fourth-order valence-electron chi connectivity index (χ4n) is 4.00. The topological polar surface area (TPSA) is 60.9 Å². The standard InChI is InChI=1S/C18H24N2O3/c1-17(2,3)14-9-18(14)12-19(16(22)23)11-15(21)20(18)10-13-7-5-4-6-8-13/h4-8,14H,9-12H2,1-3H3,(H,22,23). The summed E-state index contributed by atoms with van der Waals surface area (Å²) in [5.74, 6) is 0.235. The summed E-state index contributed by atoms with van der Waals surface area (Å²) in [4.78, 5) is 27.3. The summed E-state index contributed by atoms with van der Waals surface area (Å²) in [6.07, 6.45) is -0.129. The van der Waals surface area contributed by atoms with Crippen molar-refractivity contribution in [1.82, 2.24) is 9.80 Å². The first-order chi connectivity index (χ1) is 10.7. The fraction of sp³-hybridized carbons (Fsp3) is 0.556. The van der Waals surface area contributed by atoms with E-state index in [4.69, 9.17) is 0 Å². The van der Waals surface area contributed by atoms with E-state index in [0.717, 1.165) is 12.0 Å². The van der Waals surface area contributed by atoms with Crippen molar-refractivity contribution in [2.24, 2.45) is 11.3 Å². The average Bonchev–Trinajstić information content (AvgIpc) is 3.19. The van der Waals surface area contributed by atoms with Crippen molar-refractivity contribution in [3.05, 3.63) is 35.9 Å². The van der Waals surface area contributed by atoms with Crippen LogP contribution in [0.1, 0.15) is 32.8 Å². The van der Waals surface area contributed by atoms with Crippen LogP contribution in [0.4, 0.5) is 4.79 Å². The molecule has 124 valence electrons. The second kappa shape index (κ2) is 5.25. The molecule has 0 aromatic heterocycles. The lowest BCUT2D eigenvalue weighted by Gasteiger charge is -2.43. The second-order valence-corrected chi connectivity index (χ2v) is 7.83. The summed E-state index contributed by atoms with van der Waals surface area (Å²) < 4.78 is 0. The Morgan fingerprint density at radius 1 is 1.30 bits per heavy atom. The summed E-state index contributed by atoms with van der Waals surface area (Å²) in [6.45, 7) is 7.43. The number of piperazine rings is 1. The Labute approximate surface area is 136 Å². The molecule has 2 unspecified atom stereocenters. The Morgan fingerprint density at radius 3 is 2.48 bits per heavy atom. The van der Waals surface area contributed by atoms with Crippen molar-refractivity contribution >= 4 is 12.0 Å². The van der Waals surface area contributed by atoms with Gasteiger partial charge in [0.1, 0.15) is 6.54 Å². The van der Waals surface area contributed by atoms with E-state index >= 15 is 0 Å². The van der Waals surface area contributed by atoms with Gasteiger partial charge in [-0.15, -0.1) is 0 Å². The highest BCUT2D eigenvalue weighted by atomic mass is 16.4. The van der Waals surface area contributed by atoms with Crippen molar-refractivity contribution < 1.29 is 14.7 Å². The SMILES string of the molecule is CC(C)(C)C1CC12CN(C(=O)O)CC(=O)N2Cc1ccccc1. The van der Waals surface area contributed by atoms with Crippen LogP contribution in [0, 0.1) is 11.3 Å². The summed E-state index contributed by atoms with van der Waals surface area (Å²) in [5, 5.41) is 9.34. The zero-order valence-electron chi connectivity index (χ0n) is 14.0. The molecule has 1 saturated carbocycles. The minimum Gasteiger partial charge on any atom is -0.465 e. The molecular formula is C18H24N2O3. The Kier molecular flexibility index (Phi) is 3.62. The van der Waals surface area contributed by atoms with Crippen molar-refractivity contribution in [2.45, 2.75) is 39.3 Å². The van der Waals surface area contributed by atoms with Crippen LogP contribution in [0.25, 0.3) is 0 Å². The first-order valence-corrected chi connectivity index (χ1v) is 8.06. The molecule has 1 aromatic carbocycles. The monoisotopic (exact) mass is 316 g/mol. The lowest BCUT2D eigenvalue weighted by atomic mass is 9.86. The molecule has 3 rings (SSSR count). The van der Waals surface area contributed by atoms with E-state index < -0.39 is 6.09 Å². The molecule has 0 bridgehead atoms. The van der Waals surface area contributed by atoms with Crippen molar-refractivity contribution in [3.8, 4) is 0 Å². The van der Waals surface area contributed by atoms with Crippen LogP contribution in [0.2, 0.25) is 0 Å². The van der Waals surface area contributed by atoms with Crippen LogP contribution in [0.15, 0.2) is 30.3 Å². The molecule has 2 fully saturated rings. The molecule has 2 aliphatic rings. The van der Waals surface area contributed by atoms with E-state index in [1.807, 2.05) is 35.2 Å². The van der Waals surface area contributed by atoms with Crippen LogP contribution in [0.3, 0.4) is 0 Å². The van der Waals surface area contributed by atoms with Crippen LogP contribution >= 0.6 is 0 Å². The first-order valence-electron chi connectivity index (χ1n) is 8.06. The average molecular weight is 316 g/mol. The van der Waals surface area contributed by atoms with Crippen LogP contribution in [0.5, 0.6) is 0 Å². The van der Waals surface area contributed by atoms with Gasteiger partial charge in [-0.3, -0.25) is 9.69 Å². The van der Waals surface area contributed by atoms with Crippen LogP contribution < -0.4 is 0 Å². The van der Waals surface area contributed by atoms with Crippen molar-refractivity contribution in [1.29, 1.82) is 0 Å². The molecule has 5 nitrogen and oxygen atoms in total. The molecular weight excluding hydrogens is 292 g/mol. The molecule has 23 heavy (non-hydrogen) atoms. The number of hydrogen-bond donors (Lipinski definition) is 1. The fourth-order valence-corrected chi connectivity index (χ4v) is 4.00. The highest BCUT2D eigenvalue weighted by Crippen LogP contribution is 2.59. The van der Waals surface area contributed by atoms with E-state index in [0.29, 0.717) is 19.0 Å². The molecule has 5 heteroatoms. The minimum atomic E-state index is -1.00. The van der Waals surface area contributed by atoms with Gasteiger partial charge in [0, 0.05) is 13.1 Å². The third-order valence-electron chi connectivity index (χ3n) is 5.17. The van der Waals surface area contributed by atoms with Gasteiger partial charge in [-0.25, -0.2) is 4.79 Å². The largest absolute Gasteiger partial charge is 0.465 e. The summed E-state index contributed by atoms with van der Waals surface area (Å²) in [6, 6.07) is 9.92. The minimum absolute atomic E-state index is 0.0409. The number of carbonyl (C=O) groups is 2. The van der Waals surface area contributed by atoms with Gasteiger partial charge in [-0.05, 0) is 23.3 Å². The third kappa shape index (κ3) is 2.80. The molecule has 1 heterocycles. The number of hydrogen-bond acceptors (Lipinski definition) is 2. The predicted octanol–water partition coefficient (Wildman–Crippen LogP) is 2.81. The molecule has 1 aliphatic carbocycles. The quantitative estimate of drug-likeness (QED) is 0.912. The Morgan fingerprint density at radius 2 is 1.96 bits per heavy atom.